The molecule has 1 saturated heterocycles. The number of fused-ring (bicyclic) bond motifs is 1. The summed E-state index contributed by atoms with van der Waals surface area (Å²) >= 11 is 5.89. The van der Waals surface area contributed by atoms with E-state index in [0.717, 1.165) is 5.75 Å². The van der Waals surface area contributed by atoms with Gasteiger partial charge in [-0.1, -0.05) is 29.8 Å². The normalized spacial score (nSPS) is 16.1. The van der Waals surface area contributed by atoms with Gasteiger partial charge in [-0.15, -0.1) is 0 Å². The summed E-state index contributed by atoms with van der Waals surface area (Å²) in [7, 11) is 1.66. The molecule has 0 radical (unpaired) electrons. The van der Waals surface area contributed by atoms with Gasteiger partial charge in [0.1, 0.15) is 24.1 Å². The van der Waals surface area contributed by atoms with E-state index in [-0.39, 0.29) is 5.69 Å². The Morgan fingerprint density at radius 2 is 1.70 bits per heavy atom. The van der Waals surface area contributed by atoms with E-state index in [1.807, 2.05) is 29.2 Å². The van der Waals surface area contributed by atoms with E-state index in [4.69, 9.17) is 16.3 Å². The molecule has 0 unspecified atom stereocenters. The number of para-hydroxylation sites is 1. The van der Waals surface area contributed by atoms with E-state index in [0.29, 0.717) is 60.8 Å². The summed E-state index contributed by atoms with van der Waals surface area (Å²) in [6, 6.07) is 13.4. The molecule has 2 aromatic carbocycles. The second kappa shape index (κ2) is 9.82. The van der Waals surface area contributed by atoms with Crippen LogP contribution in [-0.4, -0.2) is 75.8 Å². The van der Waals surface area contributed by atoms with Crippen molar-refractivity contribution in [2.24, 2.45) is 7.05 Å². The number of aliphatic carboxylic acids is 1. The molecule has 1 fully saturated rings. The first-order valence-corrected chi connectivity index (χ1v) is 11.1. The number of aromatic nitrogens is 1. The fourth-order valence-corrected chi connectivity index (χ4v) is 4.61. The molecule has 1 aliphatic heterocycles. The van der Waals surface area contributed by atoms with Crippen molar-refractivity contribution in [1.29, 1.82) is 0 Å². The summed E-state index contributed by atoms with van der Waals surface area (Å²) in [5.74, 6) is -1.43. The Hall–Kier alpha value is -3.07. The molecule has 4 rings (SSSR count). The number of aryl methyl sites for hydroxylation is 1. The third kappa shape index (κ3) is 4.83. The van der Waals surface area contributed by atoms with Gasteiger partial charge in [-0.25, -0.2) is 4.79 Å². The lowest BCUT2D eigenvalue weighted by atomic mass is 10.00. The van der Waals surface area contributed by atoms with Crippen molar-refractivity contribution < 1.29 is 24.5 Å². The first-order valence-electron chi connectivity index (χ1n) is 10.7. The minimum atomic E-state index is -1.13. The van der Waals surface area contributed by atoms with Gasteiger partial charge in [0.15, 0.2) is 0 Å². The number of halogens is 1. The standard InChI is InChI=1S/C24H26ClN3O5/c1-26-19-5-3-2-4-18(19)20(21(26)23(29)30)22(24(31)32)28-12-10-27(11-13-28)14-15-33-17-8-6-16(25)7-9-17/h2-9,22H,10-15H2,1H3,(H,29,30)(H,31,32)/t22-/m1/s1. The molecule has 1 aromatic heterocycles. The Morgan fingerprint density at radius 3 is 2.33 bits per heavy atom. The average Bonchev–Trinajstić information content (AvgIpc) is 3.09. The number of nitrogens with zero attached hydrogens (tertiary/aromatic N) is 3. The number of carboxylic acid groups (broad SMARTS) is 2. The lowest BCUT2D eigenvalue weighted by Gasteiger charge is -2.37. The van der Waals surface area contributed by atoms with E-state index in [1.165, 1.54) is 0 Å². The molecule has 174 valence electrons. The molecule has 3 aromatic rings. The van der Waals surface area contributed by atoms with Gasteiger partial charge in [0.05, 0.1) is 0 Å². The third-order valence-corrected chi connectivity index (χ3v) is 6.37. The molecule has 8 nitrogen and oxygen atoms in total. The number of hydrogen-bond acceptors (Lipinski definition) is 5. The Kier molecular flexibility index (Phi) is 6.88. The van der Waals surface area contributed by atoms with Crippen LogP contribution >= 0.6 is 11.6 Å². The molecule has 0 bridgehead atoms. The number of carboxylic acids is 2. The molecule has 0 amide bonds. The zero-order valence-corrected chi connectivity index (χ0v) is 19.0. The summed E-state index contributed by atoms with van der Waals surface area (Å²) in [5.41, 5.74) is 1.06. The Balaban J connectivity index is 1.46. The minimum Gasteiger partial charge on any atom is -0.492 e. The molecule has 2 heterocycles. The quantitative estimate of drug-likeness (QED) is 0.520. The van der Waals surface area contributed by atoms with Gasteiger partial charge in [-0.2, -0.15) is 0 Å². The average molecular weight is 472 g/mol. The van der Waals surface area contributed by atoms with E-state index in [2.05, 4.69) is 4.90 Å². The van der Waals surface area contributed by atoms with Gasteiger partial charge < -0.3 is 19.5 Å². The maximum atomic E-state index is 12.4. The van der Waals surface area contributed by atoms with Crippen LogP contribution in [0.25, 0.3) is 10.9 Å². The number of ether oxygens (including phenoxy) is 1. The van der Waals surface area contributed by atoms with E-state index < -0.39 is 18.0 Å². The van der Waals surface area contributed by atoms with Crippen LogP contribution < -0.4 is 4.74 Å². The molecule has 0 saturated carbocycles. The highest BCUT2D eigenvalue weighted by Gasteiger charge is 2.36. The number of carbonyl (C=O) groups is 2. The smallest absolute Gasteiger partial charge is 0.352 e. The van der Waals surface area contributed by atoms with Crippen LogP contribution in [-0.2, 0) is 11.8 Å². The zero-order valence-electron chi connectivity index (χ0n) is 18.3. The molecular formula is C24H26ClN3O5. The van der Waals surface area contributed by atoms with Gasteiger partial charge in [-0.05, 0) is 30.3 Å². The molecule has 0 aliphatic carbocycles. The van der Waals surface area contributed by atoms with Gasteiger partial charge in [0.2, 0.25) is 0 Å². The van der Waals surface area contributed by atoms with E-state index in [1.54, 1.807) is 35.9 Å². The number of piperazine rings is 1. The Bertz CT molecular complexity index is 1150. The van der Waals surface area contributed by atoms with Crippen molar-refractivity contribution in [2.75, 3.05) is 39.3 Å². The van der Waals surface area contributed by atoms with Crippen molar-refractivity contribution in [2.45, 2.75) is 6.04 Å². The van der Waals surface area contributed by atoms with Crippen LogP contribution in [0.4, 0.5) is 0 Å². The molecule has 2 N–H and O–H groups in total. The lowest BCUT2D eigenvalue weighted by Crippen LogP contribution is -2.50. The third-order valence-electron chi connectivity index (χ3n) is 6.12. The SMILES string of the molecule is Cn1c(C(=O)O)c([C@H](C(=O)O)N2CCN(CCOc3ccc(Cl)cc3)CC2)c2ccccc21. The predicted octanol–water partition coefficient (Wildman–Crippen LogP) is 3.35. The van der Waals surface area contributed by atoms with Crippen LogP contribution in [0.1, 0.15) is 22.1 Å². The van der Waals surface area contributed by atoms with Crippen LogP contribution in [0, 0.1) is 0 Å². The van der Waals surface area contributed by atoms with Gasteiger partial charge in [0.25, 0.3) is 0 Å². The summed E-state index contributed by atoms with van der Waals surface area (Å²) in [4.78, 5) is 28.5. The number of aromatic carboxylic acids is 1. The van der Waals surface area contributed by atoms with Crippen molar-refractivity contribution >= 4 is 34.4 Å². The Morgan fingerprint density at radius 1 is 1.03 bits per heavy atom. The predicted molar refractivity (Wildman–Crippen MR) is 125 cm³/mol. The van der Waals surface area contributed by atoms with Crippen LogP contribution in [0.5, 0.6) is 5.75 Å². The van der Waals surface area contributed by atoms with Gasteiger partial charge in [-0.3, -0.25) is 14.6 Å². The maximum Gasteiger partial charge on any atom is 0.352 e. The number of rotatable bonds is 8. The summed E-state index contributed by atoms with van der Waals surface area (Å²) in [6.45, 7) is 3.58. The van der Waals surface area contributed by atoms with E-state index >= 15 is 0 Å². The van der Waals surface area contributed by atoms with Crippen molar-refractivity contribution in [3.05, 3.63) is 64.8 Å². The zero-order chi connectivity index (χ0) is 23.5. The van der Waals surface area contributed by atoms with Crippen molar-refractivity contribution in [1.82, 2.24) is 14.4 Å². The van der Waals surface area contributed by atoms with Gasteiger partial charge >= 0.3 is 11.9 Å². The first-order chi connectivity index (χ1) is 15.9. The first kappa shape index (κ1) is 23.1. The highest BCUT2D eigenvalue weighted by molar-refractivity contribution is 6.30. The second-order valence-corrected chi connectivity index (χ2v) is 8.50. The highest BCUT2D eigenvalue weighted by atomic mass is 35.5. The van der Waals surface area contributed by atoms with Crippen LogP contribution in [0.2, 0.25) is 5.02 Å². The van der Waals surface area contributed by atoms with Crippen molar-refractivity contribution in [3.63, 3.8) is 0 Å². The highest BCUT2D eigenvalue weighted by Crippen LogP contribution is 2.34. The Labute approximate surface area is 196 Å². The number of hydrogen-bond donors (Lipinski definition) is 2. The molecule has 0 spiro atoms. The second-order valence-electron chi connectivity index (χ2n) is 8.06. The molecule has 9 heteroatoms. The van der Waals surface area contributed by atoms with Crippen molar-refractivity contribution in [3.8, 4) is 5.75 Å². The van der Waals surface area contributed by atoms with Crippen LogP contribution in [0.3, 0.4) is 0 Å². The summed E-state index contributed by atoms with van der Waals surface area (Å²) < 4.78 is 7.33. The number of benzene rings is 2. The summed E-state index contributed by atoms with van der Waals surface area (Å²) in [5, 5.41) is 21.3. The van der Waals surface area contributed by atoms with Crippen LogP contribution in [0.15, 0.2) is 48.5 Å². The monoisotopic (exact) mass is 471 g/mol. The largest absolute Gasteiger partial charge is 0.492 e. The minimum absolute atomic E-state index is 0.0161. The fraction of sp³-hybridized carbons (Fsp3) is 0.333. The molecule has 1 atom stereocenters. The lowest BCUT2D eigenvalue weighted by molar-refractivity contribution is -0.144. The maximum absolute atomic E-state index is 12.4. The fourth-order valence-electron chi connectivity index (χ4n) is 4.49. The summed E-state index contributed by atoms with van der Waals surface area (Å²) in [6.07, 6.45) is 0. The van der Waals surface area contributed by atoms with E-state index in [9.17, 15) is 19.8 Å². The molecule has 1 aliphatic rings. The molecular weight excluding hydrogens is 446 g/mol. The topological polar surface area (TPSA) is 95.2 Å². The van der Waals surface area contributed by atoms with Gasteiger partial charge in [0, 0.05) is 61.3 Å². The molecule has 33 heavy (non-hydrogen) atoms.